The minimum atomic E-state index is -0.576. The molecule has 1 aliphatic heterocycles. The average molecular weight is 356 g/mol. The number of carbonyl (C=O) groups excluding carboxylic acids is 1. The van der Waals surface area contributed by atoms with E-state index in [1.165, 1.54) is 10.6 Å². The monoisotopic (exact) mass is 356 g/mol. The zero-order valence-corrected chi connectivity index (χ0v) is 15.5. The van der Waals surface area contributed by atoms with E-state index >= 15 is 0 Å². The third-order valence-electron chi connectivity index (χ3n) is 4.43. The molecule has 2 aromatic carbocycles. The molecule has 3 rings (SSSR count). The first-order valence-corrected chi connectivity index (χ1v) is 10.4. The third-order valence-corrected chi connectivity index (χ3v) is 7.19. The number of rotatable bonds is 7. The zero-order valence-electron chi connectivity index (χ0n) is 14.6. The molecule has 2 aromatic rings. The van der Waals surface area contributed by atoms with Crippen molar-refractivity contribution in [2.24, 2.45) is 5.92 Å². The fourth-order valence-electron chi connectivity index (χ4n) is 3.02. The molecule has 3 nitrogen and oxygen atoms in total. The Morgan fingerprint density at radius 3 is 2.24 bits per heavy atom. The summed E-state index contributed by atoms with van der Waals surface area (Å²) in [5, 5.41) is 2.59. The highest BCUT2D eigenvalue weighted by atomic mass is 31.1. The van der Waals surface area contributed by atoms with Gasteiger partial charge in [-0.05, 0) is 37.5 Å². The molecule has 0 bridgehead atoms. The molecule has 1 fully saturated rings. The molecule has 1 heterocycles. The zero-order chi connectivity index (χ0) is 17.5. The second-order valence-corrected chi connectivity index (χ2v) is 8.70. The molecular formula is C21H25O3P. The maximum Gasteiger partial charge on any atom is 0.309 e. The molecule has 25 heavy (non-hydrogen) atoms. The minimum Gasteiger partial charge on any atom is -0.463 e. The summed E-state index contributed by atoms with van der Waals surface area (Å²) in [4.78, 5) is 12.4. The van der Waals surface area contributed by atoms with Crippen LogP contribution in [0.2, 0.25) is 0 Å². The molecule has 0 saturated carbocycles. The molecule has 2 atom stereocenters. The maximum atomic E-state index is 12.4. The second kappa shape index (κ2) is 9.12. The molecule has 0 amide bonds. The Kier molecular flexibility index (Phi) is 6.61. The van der Waals surface area contributed by atoms with Gasteiger partial charge < -0.3 is 9.47 Å². The van der Waals surface area contributed by atoms with Gasteiger partial charge in [0.1, 0.15) is 6.61 Å². The van der Waals surface area contributed by atoms with Gasteiger partial charge in [0, 0.05) is 6.61 Å². The summed E-state index contributed by atoms with van der Waals surface area (Å²) >= 11 is 0. The molecular weight excluding hydrogens is 331 g/mol. The van der Waals surface area contributed by atoms with Crippen LogP contribution in [0.3, 0.4) is 0 Å². The Labute approximate surface area is 151 Å². The van der Waals surface area contributed by atoms with Gasteiger partial charge in [-0.3, -0.25) is 4.79 Å². The third kappa shape index (κ3) is 5.14. The first-order chi connectivity index (χ1) is 12.2. The van der Waals surface area contributed by atoms with Crippen LogP contribution in [0.5, 0.6) is 0 Å². The van der Waals surface area contributed by atoms with E-state index < -0.39 is 7.92 Å². The number of hydrogen-bond acceptors (Lipinski definition) is 3. The van der Waals surface area contributed by atoms with Crippen LogP contribution in [-0.4, -0.2) is 31.4 Å². The largest absolute Gasteiger partial charge is 0.463 e. The van der Waals surface area contributed by atoms with Gasteiger partial charge in [0.15, 0.2) is 0 Å². The summed E-state index contributed by atoms with van der Waals surface area (Å²) in [5.41, 5.74) is 0. The van der Waals surface area contributed by atoms with Crippen LogP contribution in [0, 0.1) is 5.92 Å². The van der Waals surface area contributed by atoms with E-state index in [-0.39, 0.29) is 18.0 Å². The van der Waals surface area contributed by atoms with Crippen molar-refractivity contribution in [1.29, 1.82) is 0 Å². The summed E-state index contributed by atoms with van der Waals surface area (Å²) in [7, 11) is -0.576. The minimum absolute atomic E-state index is 0.0842. The van der Waals surface area contributed by atoms with Crippen LogP contribution in [0.4, 0.5) is 0 Å². The molecule has 1 aliphatic rings. The van der Waals surface area contributed by atoms with Crippen LogP contribution in [0.1, 0.15) is 19.8 Å². The Hall–Kier alpha value is -1.70. The van der Waals surface area contributed by atoms with E-state index in [0.717, 1.165) is 25.6 Å². The molecule has 0 radical (unpaired) electrons. The van der Waals surface area contributed by atoms with Crippen molar-refractivity contribution in [3.8, 4) is 0 Å². The van der Waals surface area contributed by atoms with Crippen molar-refractivity contribution in [2.45, 2.75) is 25.9 Å². The first-order valence-electron chi connectivity index (χ1n) is 8.90. The van der Waals surface area contributed by atoms with Crippen molar-refractivity contribution in [3.63, 3.8) is 0 Å². The summed E-state index contributed by atoms with van der Waals surface area (Å²) < 4.78 is 11.0. The number of hydrogen-bond donors (Lipinski definition) is 0. The standard InChI is InChI=1S/C21H25O3P/c1-17(21(22)24-15-18-9-8-14-23-18)16-25(19-10-4-2-5-11-19)20-12-6-3-7-13-20/h2-7,10-13,17-18H,8-9,14-16H2,1H3. The summed E-state index contributed by atoms with van der Waals surface area (Å²) in [6, 6.07) is 20.9. The Morgan fingerprint density at radius 1 is 1.12 bits per heavy atom. The van der Waals surface area contributed by atoms with E-state index in [2.05, 4.69) is 48.5 Å². The van der Waals surface area contributed by atoms with Crippen LogP contribution >= 0.6 is 7.92 Å². The van der Waals surface area contributed by atoms with Crippen LogP contribution in [-0.2, 0) is 14.3 Å². The number of ether oxygens (including phenoxy) is 2. The second-order valence-electron chi connectivity index (χ2n) is 6.45. The van der Waals surface area contributed by atoms with Crippen molar-refractivity contribution >= 4 is 24.5 Å². The van der Waals surface area contributed by atoms with E-state index in [1.54, 1.807) is 0 Å². The predicted molar refractivity (Wildman–Crippen MR) is 103 cm³/mol. The lowest BCUT2D eigenvalue weighted by Gasteiger charge is -2.22. The van der Waals surface area contributed by atoms with Crippen LogP contribution in [0.25, 0.3) is 0 Å². The summed E-state index contributed by atoms with van der Waals surface area (Å²) in [5.74, 6) is -0.247. The fourth-order valence-corrected chi connectivity index (χ4v) is 5.50. The van der Waals surface area contributed by atoms with E-state index in [1.807, 2.05) is 19.1 Å². The van der Waals surface area contributed by atoms with Crippen molar-refractivity contribution in [3.05, 3.63) is 60.7 Å². The molecule has 132 valence electrons. The quantitative estimate of drug-likeness (QED) is 0.563. The van der Waals surface area contributed by atoms with Gasteiger partial charge in [0.05, 0.1) is 12.0 Å². The van der Waals surface area contributed by atoms with Gasteiger partial charge in [0.2, 0.25) is 0 Å². The number of carbonyl (C=O) groups is 1. The molecule has 0 spiro atoms. The lowest BCUT2D eigenvalue weighted by atomic mass is 10.2. The van der Waals surface area contributed by atoms with Gasteiger partial charge in [-0.2, -0.15) is 0 Å². The highest BCUT2D eigenvalue weighted by molar-refractivity contribution is 7.73. The molecule has 4 heteroatoms. The van der Waals surface area contributed by atoms with E-state index in [9.17, 15) is 4.79 Å². The average Bonchev–Trinajstić information content (AvgIpc) is 3.19. The van der Waals surface area contributed by atoms with Crippen molar-refractivity contribution in [2.75, 3.05) is 19.4 Å². The lowest BCUT2D eigenvalue weighted by molar-refractivity contribution is -0.150. The lowest BCUT2D eigenvalue weighted by Crippen LogP contribution is -2.26. The molecule has 0 aliphatic carbocycles. The van der Waals surface area contributed by atoms with Crippen LogP contribution in [0.15, 0.2) is 60.7 Å². The smallest absolute Gasteiger partial charge is 0.309 e. The van der Waals surface area contributed by atoms with Gasteiger partial charge in [-0.1, -0.05) is 67.6 Å². The Bertz CT molecular complexity index is 614. The van der Waals surface area contributed by atoms with Gasteiger partial charge in [-0.25, -0.2) is 0 Å². The van der Waals surface area contributed by atoms with Gasteiger partial charge in [0.25, 0.3) is 0 Å². The SMILES string of the molecule is CC(CP(c1ccccc1)c1ccccc1)C(=O)OCC1CCCO1. The molecule has 1 saturated heterocycles. The van der Waals surface area contributed by atoms with Crippen LogP contribution < -0.4 is 10.6 Å². The fraction of sp³-hybridized carbons (Fsp3) is 0.381. The summed E-state index contributed by atoms with van der Waals surface area (Å²) in [6.07, 6.45) is 2.93. The van der Waals surface area contributed by atoms with Crippen molar-refractivity contribution in [1.82, 2.24) is 0 Å². The number of benzene rings is 2. The predicted octanol–water partition coefficient (Wildman–Crippen LogP) is 3.48. The highest BCUT2D eigenvalue weighted by Crippen LogP contribution is 2.36. The Morgan fingerprint density at radius 2 is 1.72 bits per heavy atom. The first kappa shape index (κ1) is 18.1. The molecule has 2 unspecified atom stereocenters. The molecule has 0 aromatic heterocycles. The van der Waals surface area contributed by atoms with E-state index in [4.69, 9.17) is 9.47 Å². The molecule has 0 N–H and O–H groups in total. The normalized spacial score (nSPS) is 18.2. The number of esters is 1. The Balaban J connectivity index is 1.66. The van der Waals surface area contributed by atoms with Gasteiger partial charge >= 0.3 is 5.97 Å². The van der Waals surface area contributed by atoms with E-state index in [0.29, 0.717) is 6.61 Å². The topological polar surface area (TPSA) is 35.5 Å². The summed E-state index contributed by atoms with van der Waals surface area (Å²) in [6.45, 7) is 3.14. The van der Waals surface area contributed by atoms with Gasteiger partial charge in [-0.15, -0.1) is 0 Å². The van der Waals surface area contributed by atoms with Crippen molar-refractivity contribution < 1.29 is 14.3 Å². The highest BCUT2D eigenvalue weighted by Gasteiger charge is 2.24. The maximum absolute atomic E-state index is 12.4.